The standard InChI is InChI=1S/C21H28ClN7O3S/c1-28-8-10-29(11-9-28)19(30)21(6-2-3-7-21)27-33(31,32)16-4-5-17-15(12-16)13-24-14-18(17)25-20(23)26-22/h4-5,12-14,27H,2-3,6-11H2,1H3,(H3,23,25,26). The Morgan fingerprint density at radius 1 is 1.18 bits per heavy atom. The topological polar surface area (TPSA) is 133 Å². The van der Waals surface area contributed by atoms with Gasteiger partial charge in [0.1, 0.15) is 5.54 Å². The minimum absolute atomic E-state index is 0.00470. The van der Waals surface area contributed by atoms with Crippen molar-refractivity contribution < 1.29 is 13.2 Å². The molecule has 4 rings (SSSR count). The number of nitrogens with one attached hydrogen (secondary N) is 2. The van der Waals surface area contributed by atoms with Crippen molar-refractivity contribution in [2.24, 2.45) is 10.2 Å². The highest BCUT2D eigenvalue weighted by Gasteiger charge is 2.46. The van der Waals surface area contributed by atoms with Crippen LogP contribution in [-0.4, -0.2) is 73.8 Å². The van der Waals surface area contributed by atoms with Gasteiger partial charge >= 0.3 is 0 Å². The summed E-state index contributed by atoms with van der Waals surface area (Å²) in [7, 11) is -1.94. The lowest BCUT2D eigenvalue weighted by Crippen LogP contribution is -2.60. The molecule has 12 heteroatoms. The molecule has 1 aliphatic carbocycles. The van der Waals surface area contributed by atoms with Crippen LogP contribution in [0.15, 0.2) is 40.0 Å². The van der Waals surface area contributed by atoms with Crippen molar-refractivity contribution >= 4 is 50.1 Å². The highest BCUT2D eigenvalue weighted by atomic mass is 35.5. The first kappa shape index (κ1) is 23.7. The fourth-order valence-electron chi connectivity index (χ4n) is 4.55. The van der Waals surface area contributed by atoms with E-state index in [2.05, 4.69) is 24.4 Å². The van der Waals surface area contributed by atoms with Gasteiger partial charge in [-0.1, -0.05) is 18.9 Å². The number of fused-ring (bicyclic) bond motifs is 1. The van der Waals surface area contributed by atoms with E-state index in [-0.39, 0.29) is 16.8 Å². The number of carbonyl (C=O) groups is 1. The third-order valence-corrected chi connectivity index (χ3v) is 8.10. The molecule has 1 saturated carbocycles. The Kier molecular flexibility index (Phi) is 6.76. The lowest BCUT2D eigenvalue weighted by atomic mass is 9.96. The summed E-state index contributed by atoms with van der Waals surface area (Å²) in [5, 5.41) is 4.13. The molecule has 0 spiro atoms. The number of nitrogens with two attached hydrogens (primary N) is 1. The zero-order valence-corrected chi connectivity index (χ0v) is 20.0. The van der Waals surface area contributed by atoms with Gasteiger partial charge in [-0.15, -0.1) is 4.51 Å². The van der Waals surface area contributed by atoms with Gasteiger partial charge in [-0.3, -0.25) is 9.78 Å². The van der Waals surface area contributed by atoms with Crippen LogP contribution in [0.2, 0.25) is 0 Å². The Hall–Kier alpha value is -2.47. The van der Waals surface area contributed by atoms with E-state index >= 15 is 0 Å². The molecule has 0 atom stereocenters. The molecule has 4 N–H and O–H groups in total. The number of anilines is 1. The summed E-state index contributed by atoms with van der Waals surface area (Å²) in [4.78, 5) is 21.6. The van der Waals surface area contributed by atoms with Crippen LogP contribution in [0.5, 0.6) is 0 Å². The Bertz CT molecular complexity index is 1170. The molecule has 1 aromatic carbocycles. The Morgan fingerprint density at radius 2 is 1.88 bits per heavy atom. The highest BCUT2D eigenvalue weighted by Crippen LogP contribution is 2.34. The van der Waals surface area contributed by atoms with Crippen LogP contribution >= 0.6 is 11.8 Å². The molecular weight excluding hydrogens is 466 g/mol. The molecule has 2 aromatic rings. The number of aromatic nitrogens is 1. The van der Waals surface area contributed by atoms with Crippen LogP contribution < -0.4 is 15.8 Å². The second-order valence-corrected chi connectivity index (χ2v) is 10.5. The minimum atomic E-state index is -3.95. The summed E-state index contributed by atoms with van der Waals surface area (Å²) in [5.41, 5.74) is 5.08. The molecule has 2 heterocycles. The summed E-state index contributed by atoms with van der Waals surface area (Å²) in [6.45, 7) is 2.76. The van der Waals surface area contributed by atoms with Crippen LogP contribution in [0.4, 0.5) is 5.69 Å². The number of piperazine rings is 1. The fraction of sp³-hybridized carbons (Fsp3) is 0.476. The maximum Gasteiger partial charge on any atom is 0.243 e. The van der Waals surface area contributed by atoms with Gasteiger partial charge in [-0.05, 0) is 32.0 Å². The lowest BCUT2D eigenvalue weighted by molar-refractivity contribution is -0.139. The van der Waals surface area contributed by atoms with Crippen molar-refractivity contribution in [2.75, 3.05) is 38.5 Å². The average Bonchev–Trinajstić information content (AvgIpc) is 3.27. The molecule has 0 unspecified atom stereocenters. The second kappa shape index (κ2) is 9.41. The van der Waals surface area contributed by atoms with Gasteiger partial charge in [-0.2, -0.15) is 4.72 Å². The number of sulfonamides is 1. The summed E-state index contributed by atoms with van der Waals surface area (Å²) < 4.78 is 32.9. The Balaban J connectivity index is 1.62. The van der Waals surface area contributed by atoms with Gasteiger partial charge in [0.15, 0.2) is 0 Å². The number of hydrogen-bond donors (Lipinski definition) is 3. The number of nitrogens with zero attached hydrogens (tertiary/aromatic N) is 4. The highest BCUT2D eigenvalue weighted by molar-refractivity contribution is 7.89. The molecule has 0 bridgehead atoms. The molecule has 0 radical (unpaired) electrons. The van der Waals surface area contributed by atoms with Gasteiger partial charge in [0.25, 0.3) is 0 Å². The smallest absolute Gasteiger partial charge is 0.243 e. The van der Waals surface area contributed by atoms with Crippen LogP contribution in [0.3, 0.4) is 0 Å². The van der Waals surface area contributed by atoms with Crippen molar-refractivity contribution in [3.8, 4) is 0 Å². The third-order valence-electron chi connectivity index (χ3n) is 6.38. The van der Waals surface area contributed by atoms with E-state index in [4.69, 9.17) is 17.5 Å². The number of rotatable bonds is 5. The van der Waals surface area contributed by atoms with Crippen LogP contribution in [-0.2, 0) is 14.8 Å². The van der Waals surface area contributed by atoms with Crippen LogP contribution in [0.1, 0.15) is 25.7 Å². The summed E-state index contributed by atoms with van der Waals surface area (Å²) in [6, 6.07) is 4.71. The molecular formula is C21H28ClN7O3S. The molecule has 1 aromatic heterocycles. The van der Waals surface area contributed by atoms with E-state index in [0.29, 0.717) is 42.4 Å². The molecule has 10 nitrogen and oxygen atoms in total. The Morgan fingerprint density at radius 3 is 2.55 bits per heavy atom. The average molecular weight is 494 g/mol. The van der Waals surface area contributed by atoms with E-state index in [0.717, 1.165) is 25.9 Å². The first-order valence-electron chi connectivity index (χ1n) is 10.9. The summed E-state index contributed by atoms with van der Waals surface area (Å²) in [6.07, 6.45) is 5.72. The third kappa shape index (κ3) is 4.91. The number of pyridine rings is 1. The monoisotopic (exact) mass is 493 g/mol. The van der Waals surface area contributed by atoms with Gasteiger partial charge < -0.3 is 20.9 Å². The Labute approximate surface area is 198 Å². The first-order valence-corrected chi connectivity index (χ1v) is 12.7. The molecule has 1 saturated heterocycles. The number of guanidine groups is 1. The number of hydrogen-bond acceptors (Lipinski definition) is 6. The number of benzene rings is 1. The predicted molar refractivity (Wildman–Crippen MR) is 128 cm³/mol. The van der Waals surface area contributed by atoms with Gasteiger partial charge in [0, 0.05) is 54.9 Å². The SMILES string of the molecule is CN1CCN(C(=O)C2(NS(=O)(=O)c3ccc4c(NC(N)=NCl)cncc4c3)CCCC2)CC1. The second-order valence-electron chi connectivity index (χ2n) is 8.65. The molecule has 1 aliphatic heterocycles. The maximum absolute atomic E-state index is 13.5. The van der Waals surface area contributed by atoms with Crippen molar-refractivity contribution in [1.29, 1.82) is 0 Å². The lowest BCUT2D eigenvalue weighted by Gasteiger charge is -2.39. The van der Waals surface area contributed by atoms with E-state index in [1.807, 2.05) is 7.05 Å². The van der Waals surface area contributed by atoms with Crippen LogP contribution in [0, 0.1) is 0 Å². The maximum atomic E-state index is 13.5. The normalized spacial score (nSPS) is 19.7. The van der Waals surface area contributed by atoms with E-state index in [1.165, 1.54) is 12.1 Å². The van der Waals surface area contributed by atoms with Gasteiger partial charge in [-0.25, -0.2) is 8.42 Å². The minimum Gasteiger partial charge on any atom is -0.369 e. The van der Waals surface area contributed by atoms with Crippen molar-refractivity contribution in [3.05, 3.63) is 30.6 Å². The molecule has 2 fully saturated rings. The van der Waals surface area contributed by atoms with Gasteiger partial charge in [0.05, 0.1) is 16.8 Å². The molecule has 33 heavy (non-hydrogen) atoms. The fourth-order valence-corrected chi connectivity index (χ4v) is 6.04. The molecule has 2 aliphatic rings. The number of amides is 1. The largest absolute Gasteiger partial charge is 0.369 e. The summed E-state index contributed by atoms with van der Waals surface area (Å²) >= 11 is 5.38. The quantitative estimate of drug-likeness (QED) is 0.424. The predicted octanol–water partition coefficient (Wildman–Crippen LogP) is 1.48. The number of halogens is 1. The van der Waals surface area contributed by atoms with Crippen LogP contribution in [0.25, 0.3) is 10.8 Å². The van der Waals surface area contributed by atoms with E-state index < -0.39 is 15.6 Å². The van der Waals surface area contributed by atoms with Crippen molar-refractivity contribution in [2.45, 2.75) is 36.1 Å². The van der Waals surface area contributed by atoms with Gasteiger partial charge in [0.2, 0.25) is 21.9 Å². The summed E-state index contributed by atoms with van der Waals surface area (Å²) in [5.74, 6) is -0.128. The van der Waals surface area contributed by atoms with E-state index in [1.54, 1.807) is 23.4 Å². The zero-order chi connectivity index (χ0) is 23.6. The number of carbonyl (C=O) groups excluding carboxylic acids is 1. The van der Waals surface area contributed by atoms with E-state index in [9.17, 15) is 13.2 Å². The molecule has 178 valence electrons. The zero-order valence-electron chi connectivity index (χ0n) is 18.4. The van der Waals surface area contributed by atoms with Crippen molar-refractivity contribution in [3.63, 3.8) is 0 Å². The molecule has 1 amide bonds. The first-order chi connectivity index (χ1) is 15.7. The number of likely N-dealkylation sites (N-methyl/N-ethyl adjacent to an activating group) is 1. The van der Waals surface area contributed by atoms with Crippen molar-refractivity contribution in [1.82, 2.24) is 19.5 Å².